The highest BCUT2D eigenvalue weighted by Gasteiger charge is 2.51. The number of rotatable bonds is 6. The third kappa shape index (κ3) is 7.55. The number of ether oxygens (including phenoxy) is 4. The Balaban J connectivity index is 3.29. The molecule has 27 heavy (non-hydrogen) atoms. The van der Waals surface area contributed by atoms with Gasteiger partial charge in [-0.05, 0) is 0 Å². The maximum atomic E-state index is 11.6. The molecule has 0 aromatic carbocycles. The van der Waals surface area contributed by atoms with Crippen molar-refractivity contribution in [2.75, 3.05) is 6.61 Å². The molecule has 0 aromatic heterocycles. The van der Waals surface area contributed by atoms with E-state index in [4.69, 9.17) is 18.9 Å². The van der Waals surface area contributed by atoms with Gasteiger partial charge in [0.15, 0.2) is 17.3 Å². The van der Waals surface area contributed by atoms with Crippen LogP contribution in [0.25, 0.3) is 0 Å². The molecule has 152 valence electrons. The van der Waals surface area contributed by atoms with Gasteiger partial charge in [-0.25, -0.2) is 0 Å². The molecule has 0 aliphatic carbocycles. The Labute approximate surface area is 160 Å². The van der Waals surface area contributed by atoms with Crippen LogP contribution in [0.1, 0.15) is 34.6 Å². The number of esters is 3. The summed E-state index contributed by atoms with van der Waals surface area (Å²) < 4.78 is 21.2. The van der Waals surface area contributed by atoms with Crippen LogP contribution in [0.2, 0.25) is 0 Å². The predicted molar refractivity (Wildman–Crippen MR) is 92.3 cm³/mol. The van der Waals surface area contributed by atoms with E-state index in [9.17, 15) is 24.0 Å². The van der Waals surface area contributed by atoms with Crippen LogP contribution in [0.3, 0.4) is 0 Å². The minimum Gasteiger partial charge on any atom is -0.463 e. The molecule has 10 nitrogen and oxygen atoms in total. The summed E-state index contributed by atoms with van der Waals surface area (Å²) in [5, 5.41) is 2.26. The average molecular weight is 405 g/mol. The zero-order valence-electron chi connectivity index (χ0n) is 15.7. The minimum absolute atomic E-state index is 0.299. The highest BCUT2D eigenvalue weighted by molar-refractivity contribution is 8.14. The molecule has 1 fully saturated rings. The second kappa shape index (κ2) is 10.3. The van der Waals surface area contributed by atoms with Gasteiger partial charge in [0.2, 0.25) is 5.91 Å². The van der Waals surface area contributed by atoms with E-state index in [-0.39, 0.29) is 11.7 Å². The summed E-state index contributed by atoms with van der Waals surface area (Å²) in [6.07, 6.45) is -3.32. The Kier molecular flexibility index (Phi) is 8.70. The largest absolute Gasteiger partial charge is 0.463 e. The van der Waals surface area contributed by atoms with Gasteiger partial charge in [0, 0.05) is 34.6 Å². The van der Waals surface area contributed by atoms with Crippen molar-refractivity contribution in [1.29, 1.82) is 0 Å². The van der Waals surface area contributed by atoms with E-state index >= 15 is 0 Å². The second-order valence-electron chi connectivity index (χ2n) is 5.83. The highest BCUT2D eigenvalue weighted by Crippen LogP contribution is 2.32. The van der Waals surface area contributed by atoms with Crippen LogP contribution in [-0.4, -0.2) is 65.3 Å². The zero-order chi connectivity index (χ0) is 20.7. The lowest BCUT2D eigenvalue weighted by atomic mass is 9.97. The van der Waals surface area contributed by atoms with Gasteiger partial charge >= 0.3 is 17.9 Å². The molecule has 0 spiro atoms. The van der Waals surface area contributed by atoms with Crippen LogP contribution in [0, 0.1) is 0 Å². The van der Waals surface area contributed by atoms with Gasteiger partial charge in [-0.3, -0.25) is 24.0 Å². The molecule has 1 heterocycles. The van der Waals surface area contributed by atoms with E-state index < -0.39 is 53.6 Å². The lowest BCUT2D eigenvalue weighted by Gasteiger charge is -2.44. The lowest BCUT2D eigenvalue weighted by Crippen LogP contribution is -2.65. The van der Waals surface area contributed by atoms with Crippen molar-refractivity contribution in [2.45, 2.75) is 64.4 Å². The van der Waals surface area contributed by atoms with Crippen LogP contribution in [0.5, 0.6) is 0 Å². The Morgan fingerprint density at radius 1 is 0.889 bits per heavy atom. The fourth-order valence-electron chi connectivity index (χ4n) is 2.55. The zero-order valence-corrected chi connectivity index (χ0v) is 16.5. The van der Waals surface area contributed by atoms with Crippen molar-refractivity contribution in [2.24, 2.45) is 0 Å². The van der Waals surface area contributed by atoms with Crippen molar-refractivity contribution in [3.63, 3.8) is 0 Å². The molecule has 1 saturated heterocycles. The van der Waals surface area contributed by atoms with Gasteiger partial charge in [-0.1, -0.05) is 11.8 Å². The van der Waals surface area contributed by atoms with Gasteiger partial charge in [0.25, 0.3) is 0 Å². The summed E-state index contributed by atoms with van der Waals surface area (Å²) in [6, 6.07) is -0.974. The van der Waals surface area contributed by atoms with Gasteiger partial charge in [-0.15, -0.1) is 0 Å². The van der Waals surface area contributed by atoms with E-state index in [1.165, 1.54) is 20.8 Å². The number of thioether (sulfide) groups is 1. The molecule has 0 bridgehead atoms. The van der Waals surface area contributed by atoms with Crippen LogP contribution in [-0.2, 0) is 42.9 Å². The minimum atomic E-state index is -1.16. The average Bonchev–Trinajstić information content (AvgIpc) is 2.49. The van der Waals surface area contributed by atoms with Crippen molar-refractivity contribution in [3.8, 4) is 0 Å². The Bertz CT molecular complexity index is 609. The van der Waals surface area contributed by atoms with Crippen LogP contribution >= 0.6 is 11.8 Å². The first kappa shape index (κ1) is 22.9. The second-order valence-corrected chi connectivity index (χ2v) is 7.10. The van der Waals surface area contributed by atoms with E-state index in [0.717, 1.165) is 25.6 Å². The number of hydrogen-bond acceptors (Lipinski definition) is 10. The van der Waals surface area contributed by atoms with Crippen molar-refractivity contribution in [3.05, 3.63) is 0 Å². The quantitative estimate of drug-likeness (QED) is 0.472. The summed E-state index contributed by atoms with van der Waals surface area (Å²) in [5.41, 5.74) is -0.955. The Morgan fingerprint density at radius 3 is 1.89 bits per heavy atom. The molecular weight excluding hydrogens is 382 g/mol. The fourth-order valence-corrected chi connectivity index (χ4v) is 3.45. The Hall–Kier alpha value is -2.14. The first-order valence-electron chi connectivity index (χ1n) is 8.08. The Morgan fingerprint density at radius 2 is 1.44 bits per heavy atom. The SMILES string of the molecule is CC(=O)NC1[C@H](SC(C)=O)OC(COC(C)=O)[C@@H](OC(C)=O)[C@H]1OC(C)=O. The molecule has 1 amide bonds. The maximum Gasteiger partial charge on any atom is 0.303 e. The predicted octanol–water partition coefficient (Wildman–Crippen LogP) is -0.0778. The van der Waals surface area contributed by atoms with Crippen LogP contribution in [0.4, 0.5) is 0 Å². The molecular formula is C16H23NO9S. The van der Waals surface area contributed by atoms with E-state index in [1.807, 2.05) is 0 Å². The highest BCUT2D eigenvalue weighted by atomic mass is 32.2. The van der Waals surface area contributed by atoms with Gasteiger partial charge in [-0.2, -0.15) is 0 Å². The van der Waals surface area contributed by atoms with E-state index in [2.05, 4.69) is 5.32 Å². The van der Waals surface area contributed by atoms with E-state index in [1.54, 1.807) is 0 Å². The van der Waals surface area contributed by atoms with Crippen molar-refractivity contribution in [1.82, 2.24) is 5.32 Å². The molecule has 0 saturated carbocycles. The topological polar surface area (TPSA) is 134 Å². The molecule has 5 atom stereocenters. The third-order valence-electron chi connectivity index (χ3n) is 3.35. The van der Waals surface area contributed by atoms with Gasteiger partial charge in [0.05, 0.1) is 0 Å². The molecule has 1 rings (SSSR count). The number of carbonyl (C=O) groups excluding carboxylic acids is 5. The molecule has 1 aliphatic rings. The molecule has 11 heteroatoms. The summed E-state index contributed by atoms with van der Waals surface area (Å²) >= 11 is 0.767. The first-order valence-corrected chi connectivity index (χ1v) is 8.96. The lowest BCUT2D eigenvalue weighted by molar-refractivity contribution is -0.211. The van der Waals surface area contributed by atoms with E-state index in [0.29, 0.717) is 0 Å². The summed E-state index contributed by atoms with van der Waals surface area (Å²) in [4.78, 5) is 57.5. The van der Waals surface area contributed by atoms with Gasteiger partial charge in [0.1, 0.15) is 24.2 Å². The third-order valence-corrected chi connectivity index (χ3v) is 4.32. The summed E-state index contributed by atoms with van der Waals surface area (Å²) in [7, 11) is 0. The maximum absolute atomic E-state index is 11.6. The molecule has 1 N–H and O–H groups in total. The number of nitrogens with one attached hydrogen (secondary N) is 1. The smallest absolute Gasteiger partial charge is 0.303 e. The summed E-state index contributed by atoms with van der Waals surface area (Å²) in [5.74, 6) is -2.43. The molecule has 1 aliphatic heterocycles. The molecule has 0 radical (unpaired) electrons. The number of carbonyl (C=O) groups is 5. The van der Waals surface area contributed by atoms with Gasteiger partial charge < -0.3 is 24.3 Å². The first-order chi connectivity index (χ1) is 12.5. The number of hydrogen-bond donors (Lipinski definition) is 1. The summed E-state index contributed by atoms with van der Waals surface area (Å²) in [6.45, 7) is 5.74. The van der Waals surface area contributed by atoms with Crippen molar-refractivity contribution >= 4 is 40.7 Å². The number of amides is 1. The fraction of sp³-hybridized carbons (Fsp3) is 0.688. The van der Waals surface area contributed by atoms with Crippen LogP contribution in [0.15, 0.2) is 0 Å². The molecule has 0 aromatic rings. The van der Waals surface area contributed by atoms with Crippen molar-refractivity contribution < 1.29 is 42.9 Å². The van der Waals surface area contributed by atoms with Crippen LogP contribution < -0.4 is 5.32 Å². The monoisotopic (exact) mass is 405 g/mol. The standard InChI is InChI=1S/C16H23NO9S/c1-7(18)17-13-15(25-10(4)21)14(24-9(3)20)12(6-23-8(2)19)26-16(13)27-11(5)22/h12-16H,6H2,1-5H3,(H,17,18)/t12?,13?,14-,15+,16+/m1/s1. The molecule has 2 unspecified atom stereocenters. The normalized spacial score (nSPS) is 27.2.